The molecule has 0 unspecified atom stereocenters. The van der Waals surface area contributed by atoms with E-state index < -0.39 is 0 Å². The molecule has 5 fully saturated rings. The van der Waals surface area contributed by atoms with Crippen LogP contribution in [0.1, 0.15) is 138 Å². The molecule has 0 spiro atoms. The number of aliphatic hydroxyl groups is 1. The second-order valence-corrected chi connectivity index (χ2v) is 19.4. The minimum atomic E-state index is -0.334. The highest BCUT2D eigenvalue weighted by Crippen LogP contribution is 2.76. The second kappa shape index (κ2) is 10.9. The zero-order chi connectivity index (χ0) is 33.9. The van der Waals surface area contributed by atoms with Crippen LogP contribution in [0.3, 0.4) is 0 Å². The van der Waals surface area contributed by atoms with E-state index in [1.165, 1.54) is 30.4 Å². The molecule has 0 radical (unpaired) electrons. The molecule has 1 aromatic rings. The zero-order valence-electron chi connectivity index (χ0n) is 30.4. The van der Waals surface area contributed by atoms with Gasteiger partial charge in [-0.05, 0) is 151 Å². The minimum Gasteiger partial charge on any atom is -0.393 e. The van der Waals surface area contributed by atoms with Gasteiger partial charge in [0.2, 0.25) is 0 Å². The van der Waals surface area contributed by atoms with Crippen LogP contribution in [0.4, 0.5) is 0 Å². The number of allylic oxidation sites excluding steroid dienone is 4. The maximum atomic E-state index is 14.1. The number of fused-ring (bicyclic) bond motifs is 7. The Balaban J connectivity index is 1.23. The van der Waals surface area contributed by atoms with Crippen LogP contribution in [-0.4, -0.2) is 22.8 Å². The van der Waals surface area contributed by atoms with Gasteiger partial charge in [0.05, 0.1) is 6.10 Å². The lowest BCUT2D eigenvalue weighted by molar-refractivity contribution is -0.227. The van der Waals surface area contributed by atoms with Gasteiger partial charge in [-0.1, -0.05) is 78.3 Å². The highest BCUT2D eigenvalue weighted by molar-refractivity contribution is 6.30. The Hall–Kier alpha value is -1.71. The maximum absolute atomic E-state index is 14.1. The third-order valence-corrected chi connectivity index (χ3v) is 16.5. The van der Waals surface area contributed by atoms with Gasteiger partial charge < -0.3 is 5.11 Å². The molecular weight excluding hydrogens is 600 g/mol. The van der Waals surface area contributed by atoms with E-state index in [-0.39, 0.29) is 50.3 Å². The lowest BCUT2D eigenvalue weighted by Gasteiger charge is -2.72. The molecule has 8 atom stereocenters. The van der Waals surface area contributed by atoms with Gasteiger partial charge in [-0.2, -0.15) is 0 Å². The van der Waals surface area contributed by atoms with Crippen LogP contribution in [0.25, 0.3) is 0 Å². The summed E-state index contributed by atoms with van der Waals surface area (Å²) in [5.41, 5.74) is 4.62. The van der Waals surface area contributed by atoms with Gasteiger partial charge >= 0.3 is 0 Å². The SMILES string of the molecule is C/C(=C\[C@@]12CC[C@]3(C)[C@H](CC[C@@H]4[C@@]5(C)CC[C@H](O)C(C)(C)[C@@H]5CC[C@]43C)C1=C(C(C)C)C(=O)C2)C(=O)CC1(c2ccc(Cl)cc2)CC1. The average molecular weight is 659 g/mol. The topological polar surface area (TPSA) is 54.4 Å². The predicted molar refractivity (Wildman–Crippen MR) is 191 cm³/mol. The highest BCUT2D eigenvalue weighted by Gasteiger charge is 2.69. The molecule has 1 N–H and O–H groups in total. The summed E-state index contributed by atoms with van der Waals surface area (Å²) in [6.07, 6.45) is 14.0. The smallest absolute Gasteiger partial charge is 0.160 e. The van der Waals surface area contributed by atoms with Crippen molar-refractivity contribution in [3.8, 4) is 0 Å². The number of carbonyl (C=O) groups is 2. The first-order chi connectivity index (χ1) is 21.9. The Labute approximate surface area is 289 Å². The molecule has 0 bridgehead atoms. The molecule has 3 nitrogen and oxygen atoms in total. The van der Waals surface area contributed by atoms with Crippen molar-refractivity contribution < 1.29 is 14.7 Å². The fourth-order valence-electron chi connectivity index (χ4n) is 13.3. The van der Waals surface area contributed by atoms with Crippen LogP contribution in [0.2, 0.25) is 5.02 Å². The monoisotopic (exact) mass is 658 g/mol. The van der Waals surface area contributed by atoms with Crippen molar-refractivity contribution in [2.24, 2.45) is 50.7 Å². The lowest BCUT2D eigenvalue weighted by atomic mass is 9.33. The Morgan fingerprint density at radius 2 is 1.57 bits per heavy atom. The van der Waals surface area contributed by atoms with Gasteiger partial charge in [0.25, 0.3) is 0 Å². The summed E-state index contributed by atoms with van der Waals surface area (Å²) in [7, 11) is 0. The van der Waals surface area contributed by atoms with E-state index >= 15 is 0 Å². The molecular formula is C43H59ClO3. The Morgan fingerprint density at radius 3 is 2.21 bits per heavy atom. The number of rotatable bonds is 6. The summed E-state index contributed by atoms with van der Waals surface area (Å²) in [4.78, 5) is 28.1. The quantitative estimate of drug-likeness (QED) is 0.309. The summed E-state index contributed by atoms with van der Waals surface area (Å²) in [5, 5.41) is 11.8. The molecule has 0 amide bonds. The predicted octanol–water partition coefficient (Wildman–Crippen LogP) is 10.6. The van der Waals surface area contributed by atoms with Crippen molar-refractivity contribution in [3.05, 3.63) is 57.6 Å². The summed E-state index contributed by atoms with van der Waals surface area (Å²) in [6, 6.07) is 8.07. The van der Waals surface area contributed by atoms with Crippen LogP contribution in [0.5, 0.6) is 0 Å². The summed E-state index contributed by atoms with van der Waals surface area (Å²) < 4.78 is 0. The normalized spacial score (nSPS) is 42.0. The number of aliphatic hydroxyl groups excluding tert-OH is 1. The van der Waals surface area contributed by atoms with E-state index in [0.717, 1.165) is 61.1 Å². The fraction of sp³-hybridized carbons (Fsp3) is 0.721. The maximum Gasteiger partial charge on any atom is 0.160 e. The number of ketones is 2. The molecule has 0 aromatic heterocycles. The zero-order valence-corrected chi connectivity index (χ0v) is 31.2. The van der Waals surface area contributed by atoms with Gasteiger partial charge in [0, 0.05) is 28.7 Å². The number of halogens is 1. The standard InChI is InChI=1S/C43H59ClO3/c1-26(2)36-32(46)25-43(23-27(3)31(45)24-42(21-22-42)28-9-11-29(44)12-10-28)20-19-40(7)30(37(36)43)13-14-34-39(6)17-16-35(47)38(4,5)33(39)15-18-41(34,40)8/h9-12,23,26,30,33-35,47H,13-22,24-25H2,1-8H3/b27-23+/t30-,33+,34-,35+,39+,40-,41-,43-/m1/s1. The van der Waals surface area contributed by atoms with E-state index in [9.17, 15) is 14.7 Å². The van der Waals surface area contributed by atoms with E-state index in [4.69, 9.17) is 11.6 Å². The largest absolute Gasteiger partial charge is 0.393 e. The van der Waals surface area contributed by atoms with Gasteiger partial charge in [-0.3, -0.25) is 9.59 Å². The molecule has 0 saturated heterocycles. The Kier molecular flexibility index (Phi) is 7.83. The molecule has 4 heteroatoms. The van der Waals surface area contributed by atoms with Crippen molar-refractivity contribution in [1.29, 1.82) is 0 Å². The van der Waals surface area contributed by atoms with Crippen molar-refractivity contribution in [2.75, 3.05) is 0 Å². The van der Waals surface area contributed by atoms with Crippen molar-refractivity contribution >= 4 is 23.2 Å². The van der Waals surface area contributed by atoms with Gasteiger partial charge in [0.15, 0.2) is 11.6 Å². The Bertz CT molecular complexity index is 1540. The second-order valence-electron chi connectivity index (χ2n) is 18.9. The number of carbonyl (C=O) groups excluding carboxylic acids is 2. The van der Waals surface area contributed by atoms with Crippen LogP contribution in [-0.2, 0) is 15.0 Å². The van der Waals surface area contributed by atoms with E-state index in [1.807, 2.05) is 19.1 Å². The van der Waals surface area contributed by atoms with E-state index in [0.29, 0.717) is 36.4 Å². The molecule has 47 heavy (non-hydrogen) atoms. The van der Waals surface area contributed by atoms with Gasteiger partial charge in [-0.15, -0.1) is 0 Å². The van der Waals surface area contributed by atoms with Gasteiger partial charge in [-0.25, -0.2) is 0 Å². The average Bonchev–Trinajstić information content (AvgIpc) is 3.71. The number of hydrogen-bond donors (Lipinski definition) is 1. The third-order valence-electron chi connectivity index (χ3n) is 16.2. The van der Waals surface area contributed by atoms with Crippen molar-refractivity contribution in [3.63, 3.8) is 0 Å². The van der Waals surface area contributed by atoms with E-state index in [2.05, 4.69) is 66.7 Å². The molecule has 5 saturated carbocycles. The minimum absolute atomic E-state index is 0.0551. The first-order valence-corrected chi connectivity index (χ1v) is 19.3. The number of Topliss-reactive ketones (excluding diaryl/α,β-unsaturated/α-hetero) is 2. The number of benzene rings is 1. The van der Waals surface area contributed by atoms with Crippen molar-refractivity contribution in [1.82, 2.24) is 0 Å². The molecule has 0 heterocycles. The molecule has 0 aliphatic heterocycles. The lowest BCUT2D eigenvalue weighted by Crippen LogP contribution is -2.65. The first kappa shape index (κ1) is 33.8. The van der Waals surface area contributed by atoms with Crippen molar-refractivity contribution in [2.45, 2.75) is 144 Å². The summed E-state index contributed by atoms with van der Waals surface area (Å²) in [5.74, 6) is 2.26. The third kappa shape index (κ3) is 4.74. The first-order valence-electron chi connectivity index (χ1n) is 18.9. The molecule has 6 aliphatic rings. The van der Waals surface area contributed by atoms with Crippen LogP contribution >= 0.6 is 11.6 Å². The number of hydrogen-bond acceptors (Lipinski definition) is 3. The van der Waals surface area contributed by atoms with E-state index in [1.54, 1.807) is 0 Å². The molecule has 1 aromatic carbocycles. The van der Waals surface area contributed by atoms with Crippen LogP contribution < -0.4 is 0 Å². The fourth-order valence-corrected chi connectivity index (χ4v) is 13.4. The van der Waals surface area contributed by atoms with Crippen LogP contribution in [0.15, 0.2) is 47.1 Å². The molecule has 6 aliphatic carbocycles. The summed E-state index contributed by atoms with van der Waals surface area (Å²) in [6.45, 7) is 18.9. The van der Waals surface area contributed by atoms with Crippen LogP contribution in [0, 0.1) is 50.7 Å². The summed E-state index contributed by atoms with van der Waals surface area (Å²) >= 11 is 6.18. The Morgan fingerprint density at radius 1 is 0.894 bits per heavy atom. The molecule has 256 valence electrons. The molecule has 7 rings (SSSR count). The highest BCUT2D eigenvalue weighted by atomic mass is 35.5. The van der Waals surface area contributed by atoms with Gasteiger partial charge in [0.1, 0.15) is 0 Å².